The first-order valence-corrected chi connectivity index (χ1v) is 5.16. The minimum Gasteiger partial charge on any atom is -0.396 e. The van der Waals surface area contributed by atoms with Gasteiger partial charge in [-0.1, -0.05) is 19.3 Å². The Labute approximate surface area is 83.7 Å². The van der Waals surface area contributed by atoms with E-state index in [-0.39, 0.29) is 0 Å². The molecular weight excluding hydrogens is 176 g/mol. The second-order valence-corrected chi connectivity index (χ2v) is 3.94. The summed E-state index contributed by atoms with van der Waals surface area (Å²) >= 11 is 0. The number of hydrogen-bond donors (Lipinski definition) is 2. The first-order chi connectivity index (χ1) is 6.77. The first kappa shape index (κ1) is 9.24. The van der Waals surface area contributed by atoms with Crippen molar-refractivity contribution in [1.82, 2.24) is 10.2 Å². The van der Waals surface area contributed by atoms with Crippen LogP contribution in [-0.4, -0.2) is 10.2 Å². The first-order valence-electron chi connectivity index (χ1n) is 5.16. The number of hydrogen-bond acceptors (Lipinski definition) is 4. The van der Waals surface area contributed by atoms with Crippen molar-refractivity contribution in [3.63, 3.8) is 0 Å². The molecular formula is C10H16N4. The van der Waals surface area contributed by atoms with Gasteiger partial charge in [-0.15, -0.1) is 5.10 Å². The van der Waals surface area contributed by atoms with Gasteiger partial charge in [0.25, 0.3) is 0 Å². The summed E-state index contributed by atoms with van der Waals surface area (Å²) in [6, 6.07) is 1.87. The summed E-state index contributed by atoms with van der Waals surface area (Å²) in [7, 11) is 0. The van der Waals surface area contributed by atoms with Crippen LogP contribution in [0.15, 0.2) is 6.07 Å². The number of nitrogens with zero attached hydrogens (tertiary/aromatic N) is 2. The molecule has 1 fully saturated rings. The van der Waals surface area contributed by atoms with Crippen molar-refractivity contribution in [3.05, 3.63) is 11.8 Å². The van der Waals surface area contributed by atoms with E-state index < -0.39 is 0 Å². The summed E-state index contributed by atoms with van der Waals surface area (Å²) in [4.78, 5) is 0. The van der Waals surface area contributed by atoms with Gasteiger partial charge in [0, 0.05) is 5.92 Å². The molecule has 14 heavy (non-hydrogen) atoms. The largest absolute Gasteiger partial charge is 0.396 e. The lowest BCUT2D eigenvalue weighted by atomic mass is 9.87. The maximum atomic E-state index is 5.70. The van der Waals surface area contributed by atoms with E-state index in [2.05, 4.69) is 10.2 Å². The van der Waals surface area contributed by atoms with Gasteiger partial charge in [-0.2, -0.15) is 5.10 Å². The van der Waals surface area contributed by atoms with Crippen molar-refractivity contribution in [2.75, 3.05) is 11.5 Å². The van der Waals surface area contributed by atoms with Crippen molar-refractivity contribution in [2.45, 2.75) is 38.0 Å². The third kappa shape index (κ3) is 1.78. The molecule has 1 aliphatic carbocycles. The SMILES string of the molecule is Nc1cc(C2CCCCC2)nnc1N. The molecule has 1 aromatic rings. The van der Waals surface area contributed by atoms with E-state index in [1.165, 1.54) is 32.1 Å². The Kier molecular flexibility index (Phi) is 2.52. The minimum atomic E-state index is 0.338. The van der Waals surface area contributed by atoms with Crippen LogP contribution >= 0.6 is 0 Å². The number of nitrogens with two attached hydrogens (primary N) is 2. The van der Waals surface area contributed by atoms with Gasteiger partial charge in [-0.05, 0) is 18.9 Å². The lowest BCUT2D eigenvalue weighted by molar-refractivity contribution is 0.434. The molecule has 4 nitrogen and oxygen atoms in total. The predicted molar refractivity (Wildman–Crippen MR) is 56.7 cm³/mol. The molecule has 0 radical (unpaired) electrons. The van der Waals surface area contributed by atoms with Crippen LogP contribution in [0.25, 0.3) is 0 Å². The molecule has 76 valence electrons. The van der Waals surface area contributed by atoms with E-state index in [1.807, 2.05) is 6.07 Å². The van der Waals surface area contributed by atoms with E-state index in [0.29, 0.717) is 17.4 Å². The third-order valence-electron chi connectivity index (χ3n) is 2.90. The Morgan fingerprint density at radius 1 is 1.07 bits per heavy atom. The third-order valence-corrected chi connectivity index (χ3v) is 2.90. The van der Waals surface area contributed by atoms with Gasteiger partial charge in [0.2, 0.25) is 0 Å². The molecule has 2 rings (SSSR count). The maximum Gasteiger partial charge on any atom is 0.169 e. The Hall–Kier alpha value is -1.32. The van der Waals surface area contributed by atoms with Crippen molar-refractivity contribution in [3.8, 4) is 0 Å². The molecule has 0 spiro atoms. The van der Waals surface area contributed by atoms with E-state index >= 15 is 0 Å². The van der Waals surface area contributed by atoms with Crippen LogP contribution < -0.4 is 11.5 Å². The lowest BCUT2D eigenvalue weighted by Crippen LogP contribution is -2.09. The van der Waals surface area contributed by atoms with E-state index in [0.717, 1.165) is 5.69 Å². The van der Waals surface area contributed by atoms with E-state index in [9.17, 15) is 0 Å². The van der Waals surface area contributed by atoms with E-state index in [4.69, 9.17) is 11.5 Å². The van der Waals surface area contributed by atoms with Crippen LogP contribution in [0.1, 0.15) is 43.7 Å². The monoisotopic (exact) mass is 192 g/mol. The van der Waals surface area contributed by atoms with Crippen LogP contribution in [0.4, 0.5) is 11.5 Å². The van der Waals surface area contributed by atoms with E-state index in [1.54, 1.807) is 0 Å². The minimum absolute atomic E-state index is 0.338. The molecule has 0 unspecified atom stereocenters. The van der Waals surface area contributed by atoms with Gasteiger partial charge in [-0.3, -0.25) is 0 Å². The summed E-state index contributed by atoms with van der Waals surface area (Å²) in [5, 5.41) is 7.96. The normalized spacial score (nSPS) is 18.3. The molecule has 1 aromatic heterocycles. The average Bonchev–Trinajstić information content (AvgIpc) is 2.23. The molecule has 0 aliphatic heterocycles. The summed E-state index contributed by atoms with van der Waals surface area (Å²) in [5.41, 5.74) is 12.8. The van der Waals surface area contributed by atoms with Gasteiger partial charge in [0.1, 0.15) is 0 Å². The molecule has 0 atom stereocenters. The molecule has 1 saturated carbocycles. The fraction of sp³-hybridized carbons (Fsp3) is 0.600. The summed E-state index contributed by atoms with van der Waals surface area (Å²) in [6.07, 6.45) is 6.33. The lowest BCUT2D eigenvalue weighted by Gasteiger charge is -2.20. The van der Waals surface area contributed by atoms with Gasteiger partial charge in [-0.25, -0.2) is 0 Å². The van der Waals surface area contributed by atoms with Crippen LogP contribution in [0.3, 0.4) is 0 Å². The fourth-order valence-electron chi connectivity index (χ4n) is 2.03. The van der Waals surface area contributed by atoms with Gasteiger partial charge in [0.15, 0.2) is 5.82 Å². The van der Waals surface area contributed by atoms with Crippen LogP contribution in [0.5, 0.6) is 0 Å². The smallest absolute Gasteiger partial charge is 0.169 e. The summed E-state index contributed by atoms with van der Waals surface area (Å²) in [6.45, 7) is 0. The Bertz CT molecular complexity index is 318. The highest BCUT2D eigenvalue weighted by atomic mass is 15.1. The number of anilines is 2. The Morgan fingerprint density at radius 2 is 1.79 bits per heavy atom. The Balaban J connectivity index is 2.18. The second kappa shape index (κ2) is 3.82. The van der Waals surface area contributed by atoms with Crippen molar-refractivity contribution in [2.24, 2.45) is 0 Å². The zero-order valence-electron chi connectivity index (χ0n) is 8.24. The predicted octanol–water partition coefficient (Wildman–Crippen LogP) is 1.69. The average molecular weight is 192 g/mol. The van der Waals surface area contributed by atoms with Crippen LogP contribution in [-0.2, 0) is 0 Å². The molecule has 0 aromatic carbocycles. The second-order valence-electron chi connectivity index (χ2n) is 3.94. The quantitative estimate of drug-likeness (QED) is 0.709. The molecule has 0 bridgehead atoms. The Morgan fingerprint density at radius 3 is 2.43 bits per heavy atom. The molecule has 1 aliphatic rings. The highest BCUT2D eigenvalue weighted by Gasteiger charge is 2.17. The topological polar surface area (TPSA) is 77.8 Å². The summed E-state index contributed by atoms with van der Waals surface area (Å²) < 4.78 is 0. The number of nitrogen functional groups attached to an aromatic ring is 2. The molecule has 0 amide bonds. The highest BCUT2D eigenvalue weighted by Crippen LogP contribution is 2.32. The summed E-state index contributed by atoms with van der Waals surface area (Å²) in [5.74, 6) is 0.878. The van der Waals surface area contributed by atoms with Gasteiger partial charge < -0.3 is 11.5 Å². The maximum absolute atomic E-state index is 5.70. The van der Waals surface area contributed by atoms with Crippen molar-refractivity contribution in [1.29, 1.82) is 0 Å². The molecule has 0 saturated heterocycles. The zero-order chi connectivity index (χ0) is 9.97. The van der Waals surface area contributed by atoms with Crippen molar-refractivity contribution >= 4 is 11.5 Å². The van der Waals surface area contributed by atoms with Gasteiger partial charge in [0.05, 0.1) is 11.4 Å². The standard InChI is InChI=1S/C10H16N4/c11-8-6-9(13-14-10(8)12)7-4-2-1-3-5-7/h6-7H,1-5H2,(H2,11,13)(H2,12,14). The van der Waals surface area contributed by atoms with Crippen LogP contribution in [0, 0.1) is 0 Å². The number of aromatic nitrogens is 2. The highest BCUT2D eigenvalue weighted by molar-refractivity contribution is 5.57. The molecule has 4 N–H and O–H groups in total. The van der Waals surface area contributed by atoms with Crippen LogP contribution in [0.2, 0.25) is 0 Å². The molecule has 4 heteroatoms. The molecule has 1 heterocycles. The van der Waals surface area contributed by atoms with Gasteiger partial charge >= 0.3 is 0 Å². The number of rotatable bonds is 1. The fourth-order valence-corrected chi connectivity index (χ4v) is 2.03. The zero-order valence-corrected chi connectivity index (χ0v) is 8.24. The van der Waals surface area contributed by atoms with Crippen molar-refractivity contribution < 1.29 is 0 Å².